The highest BCUT2D eigenvalue weighted by Crippen LogP contribution is 2.39. The minimum absolute atomic E-state index is 0.0150. The Labute approximate surface area is 177 Å². The number of ether oxygens (including phenoxy) is 2. The zero-order valence-electron chi connectivity index (χ0n) is 16.8. The summed E-state index contributed by atoms with van der Waals surface area (Å²) >= 11 is 13.1. The van der Waals surface area contributed by atoms with Gasteiger partial charge in [-0.25, -0.2) is 0 Å². The SMILES string of the molecule is COC1CC(N2CCCC2)C(N(C)C(=O)C(Cl)(Cl)c2ccccc2)CC1OC. The molecule has 1 saturated heterocycles. The zero-order valence-corrected chi connectivity index (χ0v) is 18.3. The second kappa shape index (κ2) is 9.31. The van der Waals surface area contributed by atoms with E-state index in [4.69, 9.17) is 32.7 Å². The van der Waals surface area contributed by atoms with E-state index in [0.717, 1.165) is 19.5 Å². The van der Waals surface area contributed by atoms with Crippen molar-refractivity contribution in [2.24, 2.45) is 0 Å². The van der Waals surface area contributed by atoms with Gasteiger partial charge in [-0.05, 0) is 44.3 Å². The number of nitrogens with zero attached hydrogens (tertiary/aromatic N) is 2. The van der Waals surface area contributed by atoms with E-state index in [2.05, 4.69) is 4.90 Å². The minimum Gasteiger partial charge on any atom is -0.379 e. The van der Waals surface area contributed by atoms with Gasteiger partial charge < -0.3 is 14.4 Å². The highest BCUT2D eigenvalue weighted by Gasteiger charge is 2.47. The van der Waals surface area contributed by atoms with Gasteiger partial charge in [0.2, 0.25) is 4.33 Å². The van der Waals surface area contributed by atoms with Crippen molar-refractivity contribution < 1.29 is 14.3 Å². The highest BCUT2D eigenvalue weighted by atomic mass is 35.5. The molecule has 0 radical (unpaired) electrons. The predicted octanol–water partition coefficient (Wildman–Crippen LogP) is 3.43. The molecule has 1 heterocycles. The molecule has 0 bridgehead atoms. The molecule has 0 aromatic heterocycles. The van der Waals surface area contributed by atoms with E-state index in [1.165, 1.54) is 12.8 Å². The van der Waals surface area contributed by atoms with E-state index in [-0.39, 0.29) is 30.2 Å². The second-order valence-corrected chi connectivity index (χ2v) is 9.08. The fourth-order valence-electron chi connectivity index (χ4n) is 4.61. The number of carbonyl (C=O) groups is 1. The number of likely N-dealkylation sites (tertiary alicyclic amines) is 1. The maximum absolute atomic E-state index is 13.3. The first-order valence-corrected chi connectivity index (χ1v) is 10.7. The number of amides is 1. The molecule has 1 amide bonds. The van der Waals surface area contributed by atoms with Gasteiger partial charge in [0.25, 0.3) is 5.91 Å². The van der Waals surface area contributed by atoms with Gasteiger partial charge in [-0.2, -0.15) is 0 Å². The van der Waals surface area contributed by atoms with Crippen LogP contribution in [0.3, 0.4) is 0 Å². The van der Waals surface area contributed by atoms with Gasteiger partial charge >= 0.3 is 0 Å². The minimum atomic E-state index is -1.62. The number of rotatable bonds is 6. The number of hydrogen-bond acceptors (Lipinski definition) is 4. The van der Waals surface area contributed by atoms with Crippen molar-refractivity contribution in [1.29, 1.82) is 0 Å². The molecule has 156 valence electrons. The first-order valence-electron chi connectivity index (χ1n) is 9.90. The van der Waals surface area contributed by atoms with Crippen molar-refractivity contribution in [3.8, 4) is 0 Å². The van der Waals surface area contributed by atoms with Gasteiger partial charge in [-0.15, -0.1) is 0 Å². The Balaban J connectivity index is 1.85. The molecule has 1 aliphatic heterocycles. The summed E-state index contributed by atoms with van der Waals surface area (Å²) in [5.74, 6) is -0.304. The Morgan fingerprint density at radius 1 is 1.07 bits per heavy atom. The summed E-state index contributed by atoms with van der Waals surface area (Å²) < 4.78 is 9.77. The van der Waals surface area contributed by atoms with Crippen LogP contribution in [0.25, 0.3) is 0 Å². The smallest absolute Gasteiger partial charge is 0.263 e. The fourth-order valence-corrected chi connectivity index (χ4v) is 5.13. The van der Waals surface area contributed by atoms with Crippen LogP contribution in [0.2, 0.25) is 0 Å². The molecule has 1 aromatic rings. The highest BCUT2D eigenvalue weighted by molar-refractivity contribution is 6.57. The molecular formula is C21H30Cl2N2O3. The molecule has 2 fully saturated rings. The van der Waals surface area contributed by atoms with Crippen LogP contribution < -0.4 is 0 Å². The van der Waals surface area contributed by atoms with E-state index in [0.29, 0.717) is 12.0 Å². The Kier molecular flexibility index (Phi) is 7.26. The lowest BCUT2D eigenvalue weighted by molar-refractivity contribution is -0.141. The number of carbonyl (C=O) groups excluding carboxylic acids is 1. The maximum atomic E-state index is 13.3. The first kappa shape index (κ1) is 21.8. The third-order valence-corrected chi connectivity index (χ3v) is 7.00. The Hall–Kier alpha value is -0.850. The summed E-state index contributed by atoms with van der Waals surface area (Å²) in [4.78, 5) is 17.5. The molecule has 4 atom stereocenters. The van der Waals surface area contributed by atoms with E-state index in [9.17, 15) is 4.79 Å². The van der Waals surface area contributed by atoms with Crippen molar-refractivity contribution in [3.05, 3.63) is 35.9 Å². The maximum Gasteiger partial charge on any atom is 0.263 e. The third-order valence-electron chi connectivity index (χ3n) is 6.24. The normalized spacial score (nSPS) is 29.0. The Morgan fingerprint density at radius 2 is 1.64 bits per heavy atom. The number of methoxy groups -OCH3 is 2. The molecule has 0 N–H and O–H groups in total. The van der Waals surface area contributed by atoms with Crippen molar-refractivity contribution in [2.75, 3.05) is 34.4 Å². The van der Waals surface area contributed by atoms with Crippen LogP contribution in [0.5, 0.6) is 0 Å². The Bertz CT molecular complexity index is 652. The molecule has 7 heteroatoms. The lowest BCUT2D eigenvalue weighted by Gasteiger charge is -2.48. The van der Waals surface area contributed by atoms with Gasteiger partial charge in [-0.3, -0.25) is 9.69 Å². The van der Waals surface area contributed by atoms with Crippen LogP contribution in [0, 0.1) is 0 Å². The molecule has 28 heavy (non-hydrogen) atoms. The lowest BCUT2D eigenvalue weighted by atomic mass is 9.84. The monoisotopic (exact) mass is 428 g/mol. The van der Waals surface area contributed by atoms with Crippen molar-refractivity contribution >= 4 is 29.1 Å². The van der Waals surface area contributed by atoms with Crippen LogP contribution in [-0.2, 0) is 18.6 Å². The number of alkyl halides is 2. The van der Waals surface area contributed by atoms with Gasteiger partial charge in [0.15, 0.2) is 0 Å². The largest absolute Gasteiger partial charge is 0.379 e. The van der Waals surface area contributed by atoms with Gasteiger partial charge in [0.05, 0.1) is 12.2 Å². The molecule has 4 unspecified atom stereocenters. The Morgan fingerprint density at radius 3 is 2.21 bits per heavy atom. The summed E-state index contributed by atoms with van der Waals surface area (Å²) in [6, 6.07) is 9.27. The fraction of sp³-hybridized carbons (Fsp3) is 0.667. The van der Waals surface area contributed by atoms with Gasteiger partial charge in [0, 0.05) is 33.4 Å². The van der Waals surface area contributed by atoms with E-state index in [1.807, 2.05) is 18.2 Å². The zero-order chi connectivity index (χ0) is 20.3. The topological polar surface area (TPSA) is 42.0 Å². The molecule has 1 aromatic carbocycles. The predicted molar refractivity (Wildman–Crippen MR) is 112 cm³/mol. The standard InChI is InChI=1S/C21H30Cl2N2O3/c1-24(20(26)21(22,23)15-9-5-4-6-10-15)16-13-18(27-2)19(28-3)14-17(16)25-11-7-8-12-25/h4-6,9-10,16-19H,7-8,11-14H2,1-3H3. The lowest BCUT2D eigenvalue weighted by Crippen LogP contribution is -2.60. The van der Waals surface area contributed by atoms with Crippen LogP contribution in [0.4, 0.5) is 0 Å². The van der Waals surface area contributed by atoms with E-state index in [1.54, 1.807) is 38.3 Å². The molecule has 5 nitrogen and oxygen atoms in total. The number of benzene rings is 1. The number of halogens is 2. The van der Waals surface area contributed by atoms with Crippen LogP contribution in [0.1, 0.15) is 31.2 Å². The summed E-state index contributed by atoms with van der Waals surface area (Å²) in [5, 5.41) is 0. The van der Waals surface area contributed by atoms with Crippen molar-refractivity contribution in [1.82, 2.24) is 9.80 Å². The van der Waals surface area contributed by atoms with Crippen LogP contribution >= 0.6 is 23.2 Å². The van der Waals surface area contributed by atoms with Crippen molar-refractivity contribution in [2.45, 2.75) is 54.3 Å². The number of likely N-dealkylation sites (N-methyl/N-ethyl adjacent to an activating group) is 1. The molecule has 2 aliphatic rings. The summed E-state index contributed by atoms with van der Waals surface area (Å²) in [6.45, 7) is 2.09. The first-order chi connectivity index (χ1) is 13.4. The molecular weight excluding hydrogens is 399 g/mol. The summed E-state index contributed by atoms with van der Waals surface area (Å²) in [6.07, 6.45) is 3.83. The molecule has 1 saturated carbocycles. The van der Waals surface area contributed by atoms with Crippen LogP contribution in [0.15, 0.2) is 30.3 Å². The summed E-state index contributed by atoms with van der Waals surface area (Å²) in [5.41, 5.74) is 0.585. The van der Waals surface area contributed by atoms with E-state index < -0.39 is 4.33 Å². The van der Waals surface area contributed by atoms with E-state index >= 15 is 0 Å². The van der Waals surface area contributed by atoms with Crippen molar-refractivity contribution in [3.63, 3.8) is 0 Å². The second-order valence-electron chi connectivity index (χ2n) is 7.75. The quantitative estimate of drug-likeness (QED) is 0.650. The average Bonchev–Trinajstić information content (AvgIpc) is 3.27. The van der Waals surface area contributed by atoms with Crippen LogP contribution in [-0.4, -0.2) is 74.4 Å². The summed E-state index contributed by atoms with van der Waals surface area (Å²) in [7, 11) is 5.23. The molecule has 1 aliphatic carbocycles. The van der Waals surface area contributed by atoms with Gasteiger partial charge in [-0.1, -0.05) is 53.5 Å². The van der Waals surface area contributed by atoms with Gasteiger partial charge in [0.1, 0.15) is 0 Å². The molecule has 3 rings (SSSR count). The third kappa shape index (κ3) is 4.34. The average molecular weight is 429 g/mol. The number of hydrogen-bond donors (Lipinski definition) is 0. The molecule has 0 spiro atoms.